The van der Waals surface area contributed by atoms with Crippen molar-refractivity contribution in [2.24, 2.45) is 5.92 Å². The first-order chi connectivity index (χ1) is 13.5. The van der Waals surface area contributed by atoms with Crippen LogP contribution >= 0.6 is 11.3 Å². The van der Waals surface area contributed by atoms with Crippen molar-refractivity contribution in [1.82, 2.24) is 10.3 Å². The monoisotopic (exact) mass is 399 g/mol. The fraction of sp³-hybridized carbons (Fsp3) is 0.250. The lowest BCUT2D eigenvalue weighted by molar-refractivity contribution is -0.119. The van der Waals surface area contributed by atoms with Crippen LogP contribution in [-0.2, 0) is 16.1 Å². The smallest absolute Gasteiger partial charge is 0.229 e. The zero-order valence-corrected chi connectivity index (χ0v) is 15.9. The van der Waals surface area contributed by atoms with Crippen molar-refractivity contribution in [2.45, 2.75) is 25.8 Å². The van der Waals surface area contributed by atoms with Gasteiger partial charge in [-0.15, -0.1) is 11.3 Å². The summed E-state index contributed by atoms with van der Waals surface area (Å²) >= 11 is 1.32. The third-order valence-electron chi connectivity index (χ3n) is 4.59. The molecule has 0 radical (unpaired) electrons. The van der Waals surface area contributed by atoms with Crippen LogP contribution in [0.4, 0.5) is 9.52 Å². The van der Waals surface area contributed by atoms with Crippen molar-refractivity contribution in [2.75, 3.05) is 5.32 Å². The van der Waals surface area contributed by atoms with Crippen molar-refractivity contribution in [3.8, 4) is 11.5 Å². The van der Waals surface area contributed by atoms with E-state index in [2.05, 4.69) is 15.6 Å². The number of furan rings is 1. The minimum absolute atomic E-state index is 0.0824. The molecule has 1 aliphatic rings. The molecule has 3 aromatic rings. The molecule has 0 bridgehead atoms. The second-order valence-electron chi connectivity index (χ2n) is 6.70. The second-order valence-corrected chi connectivity index (χ2v) is 7.56. The number of benzene rings is 1. The molecule has 0 spiro atoms. The number of carbonyl (C=O) groups is 2. The molecule has 1 aliphatic carbocycles. The SMILES string of the molecule is CC(=O)NCc1ccc(-c2csc(NC(=O)C3CC3c3ccc(F)cc3)n2)o1. The van der Waals surface area contributed by atoms with E-state index in [1.54, 1.807) is 29.6 Å². The number of amides is 2. The standard InChI is InChI=1S/C20H18FN3O3S/c1-11(25)22-9-14-6-7-18(27-14)17-10-28-20(23-17)24-19(26)16-8-15(16)12-2-4-13(21)5-3-12/h2-7,10,15-16H,8-9H2,1H3,(H,22,25)(H,23,24,26). The number of anilines is 1. The zero-order valence-electron chi connectivity index (χ0n) is 15.1. The number of rotatable bonds is 6. The molecule has 2 unspecified atom stereocenters. The number of thiazole rings is 1. The van der Waals surface area contributed by atoms with Crippen LogP contribution in [0.3, 0.4) is 0 Å². The lowest BCUT2D eigenvalue weighted by Gasteiger charge is -2.02. The van der Waals surface area contributed by atoms with Gasteiger partial charge in [-0.25, -0.2) is 9.37 Å². The van der Waals surface area contributed by atoms with Gasteiger partial charge in [-0.3, -0.25) is 9.59 Å². The Kier molecular flexibility index (Phi) is 4.95. The molecule has 4 rings (SSSR count). The molecule has 8 heteroatoms. The van der Waals surface area contributed by atoms with Gasteiger partial charge >= 0.3 is 0 Å². The van der Waals surface area contributed by atoms with Gasteiger partial charge in [0.25, 0.3) is 0 Å². The van der Waals surface area contributed by atoms with Gasteiger partial charge < -0.3 is 15.1 Å². The zero-order chi connectivity index (χ0) is 19.7. The molecular formula is C20H18FN3O3S. The molecule has 2 N–H and O–H groups in total. The van der Waals surface area contributed by atoms with E-state index in [1.807, 2.05) is 0 Å². The topological polar surface area (TPSA) is 84.2 Å². The fourth-order valence-electron chi connectivity index (χ4n) is 3.03. The number of hydrogen-bond donors (Lipinski definition) is 2. The van der Waals surface area contributed by atoms with Crippen LogP contribution in [0.1, 0.15) is 30.6 Å². The Labute approximate surface area is 164 Å². The Bertz CT molecular complexity index is 1010. The Morgan fingerprint density at radius 1 is 1.25 bits per heavy atom. The molecule has 2 amide bonds. The first kappa shape index (κ1) is 18.4. The molecule has 2 aromatic heterocycles. The highest BCUT2D eigenvalue weighted by Crippen LogP contribution is 2.48. The summed E-state index contributed by atoms with van der Waals surface area (Å²) in [5.41, 5.74) is 1.60. The summed E-state index contributed by atoms with van der Waals surface area (Å²) in [4.78, 5) is 27.8. The van der Waals surface area contributed by atoms with E-state index < -0.39 is 0 Å². The molecule has 1 saturated carbocycles. The average Bonchev–Trinajstić information content (AvgIpc) is 3.09. The Morgan fingerprint density at radius 3 is 2.79 bits per heavy atom. The number of hydrogen-bond acceptors (Lipinski definition) is 5. The van der Waals surface area contributed by atoms with Crippen LogP contribution in [0.5, 0.6) is 0 Å². The molecule has 1 aromatic carbocycles. The van der Waals surface area contributed by atoms with Gasteiger partial charge in [0, 0.05) is 18.2 Å². The second kappa shape index (κ2) is 7.55. The van der Waals surface area contributed by atoms with Gasteiger partial charge in [-0.2, -0.15) is 0 Å². The van der Waals surface area contributed by atoms with Gasteiger partial charge in [0.05, 0.1) is 6.54 Å². The van der Waals surface area contributed by atoms with Crippen molar-refractivity contribution in [3.63, 3.8) is 0 Å². The fourth-order valence-corrected chi connectivity index (χ4v) is 3.73. The Balaban J connectivity index is 1.35. The molecule has 6 nitrogen and oxygen atoms in total. The largest absolute Gasteiger partial charge is 0.458 e. The number of nitrogens with zero attached hydrogens (tertiary/aromatic N) is 1. The van der Waals surface area contributed by atoms with Crippen LogP contribution < -0.4 is 10.6 Å². The predicted molar refractivity (Wildman–Crippen MR) is 103 cm³/mol. The Morgan fingerprint density at radius 2 is 2.04 bits per heavy atom. The minimum Gasteiger partial charge on any atom is -0.458 e. The normalized spacial score (nSPS) is 17.9. The van der Waals surface area contributed by atoms with E-state index in [-0.39, 0.29) is 29.5 Å². The molecule has 2 heterocycles. The van der Waals surface area contributed by atoms with Gasteiger partial charge in [-0.1, -0.05) is 12.1 Å². The summed E-state index contributed by atoms with van der Waals surface area (Å²) in [6.07, 6.45) is 0.750. The maximum Gasteiger partial charge on any atom is 0.229 e. The van der Waals surface area contributed by atoms with Gasteiger partial charge in [0.2, 0.25) is 11.8 Å². The van der Waals surface area contributed by atoms with Crippen LogP contribution in [0.15, 0.2) is 46.2 Å². The summed E-state index contributed by atoms with van der Waals surface area (Å²) in [6, 6.07) is 9.84. The third kappa shape index (κ3) is 4.12. The molecule has 28 heavy (non-hydrogen) atoms. The lowest BCUT2D eigenvalue weighted by Crippen LogP contribution is -2.18. The molecular weight excluding hydrogens is 381 g/mol. The number of aromatic nitrogens is 1. The minimum atomic E-state index is -0.279. The summed E-state index contributed by atoms with van der Waals surface area (Å²) in [5, 5.41) is 7.83. The van der Waals surface area contributed by atoms with Crippen LogP contribution in [0.2, 0.25) is 0 Å². The molecule has 2 atom stereocenters. The summed E-state index contributed by atoms with van der Waals surface area (Å²) < 4.78 is 18.7. The van der Waals surface area contributed by atoms with E-state index in [0.717, 1.165) is 12.0 Å². The van der Waals surface area contributed by atoms with Gasteiger partial charge in [0.15, 0.2) is 10.9 Å². The highest BCUT2D eigenvalue weighted by atomic mass is 32.1. The molecule has 1 fully saturated rings. The maximum absolute atomic E-state index is 13.0. The maximum atomic E-state index is 13.0. The third-order valence-corrected chi connectivity index (χ3v) is 5.34. The summed E-state index contributed by atoms with van der Waals surface area (Å²) in [5.74, 6) is 0.722. The van der Waals surface area contributed by atoms with Crippen molar-refractivity contribution >= 4 is 28.3 Å². The van der Waals surface area contributed by atoms with Crippen molar-refractivity contribution in [1.29, 1.82) is 0 Å². The van der Waals surface area contributed by atoms with E-state index in [0.29, 0.717) is 28.9 Å². The first-order valence-corrected chi connectivity index (χ1v) is 9.73. The average molecular weight is 399 g/mol. The quantitative estimate of drug-likeness (QED) is 0.658. The van der Waals surface area contributed by atoms with Gasteiger partial charge in [0.1, 0.15) is 17.3 Å². The number of carbonyl (C=O) groups excluding carboxylic acids is 2. The summed E-state index contributed by atoms with van der Waals surface area (Å²) in [7, 11) is 0. The van der Waals surface area contributed by atoms with Crippen LogP contribution in [0, 0.1) is 11.7 Å². The lowest BCUT2D eigenvalue weighted by atomic mass is 10.1. The summed E-state index contributed by atoms with van der Waals surface area (Å²) in [6.45, 7) is 1.76. The predicted octanol–water partition coefficient (Wildman–Crippen LogP) is 3.92. The molecule has 0 saturated heterocycles. The van der Waals surface area contributed by atoms with Crippen molar-refractivity contribution in [3.05, 3.63) is 58.9 Å². The van der Waals surface area contributed by atoms with Crippen LogP contribution in [-0.4, -0.2) is 16.8 Å². The van der Waals surface area contributed by atoms with E-state index >= 15 is 0 Å². The molecule has 0 aliphatic heterocycles. The number of nitrogens with one attached hydrogen (secondary N) is 2. The van der Waals surface area contributed by atoms with E-state index in [1.165, 1.54) is 30.4 Å². The van der Waals surface area contributed by atoms with Gasteiger partial charge in [-0.05, 0) is 42.2 Å². The van der Waals surface area contributed by atoms with Crippen molar-refractivity contribution < 1.29 is 18.4 Å². The van der Waals surface area contributed by atoms with Crippen LogP contribution in [0.25, 0.3) is 11.5 Å². The number of halogens is 1. The Hall–Kier alpha value is -3.00. The van der Waals surface area contributed by atoms with E-state index in [9.17, 15) is 14.0 Å². The first-order valence-electron chi connectivity index (χ1n) is 8.85. The highest BCUT2D eigenvalue weighted by Gasteiger charge is 2.44. The molecule has 144 valence electrons. The van der Waals surface area contributed by atoms with E-state index in [4.69, 9.17) is 4.42 Å². The highest BCUT2D eigenvalue weighted by molar-refractivity contribution is 7.14.